The molecule has 0 spiro atoms. The summed E-state index contributed by atoms with van der Waals surface area (Å²) in [5, 5.41) is 0. The van der Waals surface area contributed by atoms with E-state index in [1.165, 1.54) is 32.1 Å². The molecule has 0 saturated heterocycles. The van der Waals surface area contributed by atoms with Crippen LogP contribution >= 0.6 is 0 Å². The van der Waals surface area contributed by atoms with Crippen molar-refractivity contribution in [1.29, 1.82) is 0 Å². The first kappa shape index (κ1) is 5.02. The van der Waals surface area contributed by atoms with Crippen LogP contribution in [-0.2, 0) is 0 Å². The van der Waals surface area contributed by atoms with Crippen LogP contribution in [0.2, 0.25) is 0 Å². The van der Waals surface area contributed by atoms with Gasteiger partial charge < -0.3 is 0 Å². The van der Waals surface area contributed by atoms with Gasteiger partial charge >= 0.3 is 0 Å². The summed E-state index contributed by atoms with van der Waals surface area (Å²) in [5.74, 6) is 0.786. The van der Waals surface area contributed by atoms with Crippen molar-refractivity contribution in [2.45, 2.75) is 32.1 Å². The summed E-state index contributed by atoms with van der Waals surface area (Å²) >= 11 is 0. The Bertz CT molecular complexity index is 42.0. The van der Waals surface area contributed by atoms with E-state index >= 15 is 0 Å². The molecular formula is C7H13+. The molecule has 1 rings (SSSR count). The topological polar surface area (TPSA) is 0 Å². The zero-order valence-corrected chi connectivity index (χ0v) is 4.82. The molecule has 0 N–H and O–H groups in total. The van der Waals surface area contributed by atoms with Crippen molar-refractivity contribution in [2.24, 2.45) is 5.92 Å². The van der Waals surface area contributed by atoms with Crippen LogP contribution in [0.1, 0.15) is 32.1 Å². The van der Waals surface area contributed by atoms with Gasteiger partial charge in [-0.2, -0.15) is 0 Å². The quantitative estimate of drug-likeness (QED) is 0.407. The fourth-order valence-corrected chi connectivity index (χ4v) is 1.19. The van der Waals surface area contributed by atoms with Gasteiger partial charge in [0.1, 0.15) is 0 Å². The third kappa shape index (κ3) is 1.42. The maximum absolute atomic E-state index is 4.00. The van der Waals surface area contributed by atoms with E-state index < -0.39 is 0 Å². The molecule has 0 aromatic rings. The summed E-state index contributed by atoms with van der Waals surface area (Å²) in [4.78, 5) is 0. The molecule has 0 atom stereocenters. The first-order valence-corrected chi connectivity index (χ1v) is 3.22. The number of hydrogen-bond donors (Lipinski definition) is 0. The fourth-order valence-electron chi connectivity index (χ4n) is 1.19. The lowest BCUT2D eigenvalue weighted by Gasteiger charge is -2.10. The molecule has 40 valence electrons. The Kier molecular flexibility index (Phi) is 1.61. The molecule has 0 aliphatic heterocycles. The molecule has 0 heteroatoms. The van der Waals surface area contributed by atoms with Gasteiger partial charge in [0.15, 0.2) is 0 Å². The van der Waals surface area contributed by atoms with E-state index in [2.05, 4.69) is 6.92 Å². The SMILES string of the molecule is [CH2+]C1CCCCC1. The van der Waals surface area contributed by atoms with Crippen LogP contribution in [0.15, 0.2) is 0 Å². The molecule has 1 aliphatic rings. The minimum Gasteiger partial charge on any atom is -0.0530 e. The van der Waals surface area contributed by atoms with E-state index in [-0.39, 0.29) is 0 Å². The van der Waals surface area contributed by atoms with Crippen molar-refractivity contribution in [3.8, 4) is 0 Å². The van der Waals surface area contributed by atoms with Gasteiger partial charge in [-0.25, -0.2) is 0 Å². The second kappa shape index (κ2) is 2.25. The average Bonchev–Trinajstić information content (AvgIpc) is 1.69. The largest absolute Gasteiger partial charge is 0.0953 e. The predicted octanol–water partition coefficient (Wildman–Crippen LogP) is 2.40. The van der Waals surface area contributed by atoms with Crippen LogP contribution in [0, 0.1) is 12.8 Å². The van der Waals surface area contributed by atoms with Crippen molar-refractivity contribution < 1.29 is 0 Å². The summed E-state index contributed by atoms with van der Waals surface area (Å²) in [6.45, 7) is 4.00. The highest BCUT2D eigenvalue weighted by molar-refractivity contribution is 4.65. The van der Waals surface area contributed by atoms with Gasteiger partial charge in [0, 0.05) is 0 Å². The van der Waals surface area contributed by atoms with Crippen LogP contribution in [0.5, 0.6) is 0 Å². The Labute approximate surface area is 45.9 Å². The molecular weight excluding hydrogens is 84.1 g/mol. The summed E-state index contributed by atoms with van der Waals surface area (Å²) in [5.41, 5.74) is 0. The third-order valence-corrected chi connectivity index (χ3v) is 1.72. The second-order valence-corrected chi connectivity index (χ2v) is 2.50. The van der Waals surface area contributed by atoms with Gasteiger partial charge in [-0.15, -0.1) is 0 Å². The summed E-state index contributed by atoms with van der Waals surface area (Å²) in [7, 11) is 0. The van der Waals surface area contributed by atoms with Gasteiger partial charge in [-0.1, -0.05) is 6.42 Å². The average molecular weight is 97.2 g/mol. The van der Waals surface area contributed by atoms with Crippen LogP contribution < -0.4 is 0 Å². The number of hydrogen-bond acceptors (Lipinski definition) is 0. The smallest absolute Gasteiger partial charge is 0.0530 e. The lowest BCUT2D eigenvalue weighted by molar-refractivity contribution is 0.417. The highest BCUT2D eigenvalue weighted by Crippen LogP contribution is 2.21. The minimum atomic E-state index is 0.786. The Morgan fingerprint density at radius 3 is 1.86 bits per heavy atom. The van der Waals surface area contributed by atoms with Gasteiger partial charge in [-0.05, 0) is 25.7 Å². The minimum absolute atomic E-state index is 0.786. The zero-order chi connectivity index (χ0) is 5.11. The van der Waals surface area contributed by atoms with Gasteiger partial charge in [0.05, 0.1) is 12.8 Å². The maximum atomic E-state index is 4.00. The normalized spacial score (nSPS) is 25.1. The first-order valence-electron chi connectivity index (χ1n) is 3.22. The molecule has 1 fully saturated rings. The molecule has 0 radical (unpaired) electrons. The standard InChI is InChI=1S/C7H13/c1-7-5-3-2-4-6-7/h7H,1-6H2/q+1. The van der Waals surface area contributed by atoms with E-state index in [1.807, 2.05) is 0 Å². The van der Waals surface area contributed by atoms with Crippen molar-refractivity contribution in [1.82, 2.24) is 0 Å². The predicted molar refractivity (Wildman–Crippen MR) is 31.9 cm³/mol. The molecule has 0 amide bonds. The summed E-state index contributed by atoms with van der Waals surface area (Å²) < 4.78 is 0. The van der Waals surface area contributed by atoms with E-state index in [0.717, 1.165) is 5.92 Å². The lowest BCUT2D eigenvalue weighted by Crippen LogP contribution is -2.00. The zero-order valence-electron chi connectivity index (χ0n) is 4.82. The van der Waals surface area contributed by atoms with E-state index in [9.17, 15) is 0 Å². The van der Waals surface area contributed by atoms with Crippen molar-refractivity contribution >= 4 is 0 Å². The molecule has 7 heavy (non-hydrogen) atoms. The first-order chi connectivity index (χ1) is 3.39. The summed E-state index contributed by atoms with van der Waals surface area (Å²) in [6.07, 6.45) is 7.05. The van der Waals surface area contributed by atoms with Crippen molar-refractivity contribution in [3.05, 3.63) is 6.92 Å². The Morgan fingerprint density at radius 2 is 1.57 bits per heavy atom. The third-order valence-electron chi connectivity index (χ3n) is 1.72. The number of rotatable bonds is 0. The van der Waals surface area contributed by atoms with Crippen LogP contribution in [0.3, 0.4) is 0 Å². The molecule has 1 aliphatic carbocycles. The summed E-state index contributed by atoms with van der Waals surface area (Å²) in [6, 6.07) is 0. The molecule has 0 bridgehead atoms. The van der Waals surface area contributed by atoms with Crippen LogP contribution in [-0.4, -0.2) is 0 Å². The van der Waals surface area contributed by atoms with Gasteiger partial charge in [-0.3, -0.25) is 0 Å². The molecule has 0 unspecified atom stereocenters. The highest BCUT2D eigenvalue weighted by atomic mass is 14.1. The molecule has 0 aromatic heterocycles. The molecule has 0 nitrogen and oxygen atoms in total. The van der Waals surface area contributed by atoms with E-state index in [0.29, 0.717) is 0 Å². The van der Waals surface area contributed by atoms with Crippen LogP contribution in [0.25, 0.3) is 0 Å². The molecule has 0 heterocycles. The van der Waals surface area contributed by atoms with Crippen LogP contribution in [0.4, 0.5) is 0 Å². The Hall–Kier alpha value is -0.130. The van der Waals surface area contributed by atoms with Crippen molar-refractivity contribution in [3.63, 3.8) is 0 Å². The highest BCUT2D eigenvalue weighted by Gasteiger charge is 2.11. The van der Waals surface area contributed by atoms with E-state index in [4.69, 9.17) is 0 Å². The molecule has 0 aromatic carbocycles. The van der Waals surface area contributed by atoms with Gasteiger partial charge in [0.25, 0.3) is 0 Å². The lowest BCUT2D eigenvalue weighted by atomic mass is 9.91. The monoisotopic (exact) mass is 97.1 g/mol. The second-order valence-electron chi connectivity index (χ2n) is 2.50. The van der Waals surface area contributed by atoms with Gasteiger partial charge in [0.2, 0.25) is 0 Å². The maximum Gasteiger partial charge on any atom is 0.0953 e. The Balaban J connectivity index is 2.12. The van der Waals surface area contributed by atoms with Crippen molar-refractivity contribution in [2.75, 3.05) is 0 Å². The fraction of sp³-hybridized carbons (Fsp3) is 0.857. The van der Waals surface area contributed by atoms with E-state index in [1.54, 1.807) is 0 Å². The Morgan fingerprint density at radius 1 is 1.00 bits per heavy atom. The molecule has 1 saturated carbocycles.